The first-order valence-electron chi connectivity index (χ1n) is 5.89. The summed E-state index contributed by atoms with van der Waals surface area (Å²) in [6, 6.07) is 10.7. The molecule has 6 heteroatoms. The zero-order valence-electron chi connectivity index (χ0n) is 10.7. The highest BCUT2D eigenvalue weighted by Crippen LogP contribution is 2.17. The van der Waals surface area contributed by atoms with E-state index in [1.807, 2.05) is 6.92 Å². The van der Waals surface area contributed by atoms with E-state index in [-0.39, 0.29) is 17.3 Å². The summed E-state index contributed by atoms with van der Waals surface area (Å²) >= 11 is 3.23. The van der Waals surface area contributed by atoms with Crippen LogP contribution in [0.15, 0.2) is 51.8 Å². The largest absolute Gasteiger partial charge is 0.240 e. The van der Waals surface area contributed by atoms with E-state index in [0.29, 0.717) is 10.0 Å². The lowest BCUT2D eigenvalue weighted by Gasteiger charge is -2.09. The normalized spacial score (nSPS) is 11.6. The second kappa shape index (κ2) is 6.03. The smallest absolute Gasteiger partial charge is 0.207 e. The Morgan fingerprint density at radius 2 is 1.95 bits per heavy atom. The third-order valence-corrected chi connectivity index (χ3v) is 4.76. The minimum absolute atomic E-state index is 0.0540. The molecule has 1 N–H and O–H groups in total. The van der Waals surface area contributed by atoms with Crippen LogP contribution in [0.3, 0.4) is 0 Å². The van der Waals surface area contributed by atoms with Crippen LogP contribution in [0.5, 0.6) is 0 Å². The van der Waals surface area contributed by atoms with Crippen LogP contribution in [0.4, 0.5) is 4.39 Å². The topological polar surface area (TPSA) is 46.2 Å². The molecule has 0 aliphatic carbocycles. The highest BCUT2D eigenvalue weighted by Gasteiger charge is 2.14. The maximum atomic E-state index is 13.2. The fourth-order valence-electron chi connectivity index (χ4n) is 1.72. The Hall–Kier alpha value is -1.24. The van der Waals surface area contributed by atoms with Gasteiger partial charge in [-0.05, 0) is 48.4 Å². The van der Waals surface area contributed by atoms with Crippen LogP contribution in [0.2, 0.25) is 0 Å². The summed E-state index contributed by atoms with van der Waals surface area (Å²) in [5.74, 6) is -0.382. The second-order valence-electron chi connectivity index (χ2n) is 4.35. The SMILES string of the molecule is Cc1ccc(F)cc1CNS(=O)(=O)c1cccc(Br)c1. The number of halogens is 2. The molecule has 2 rings (SSSR count). The quantitative estimate of drug-likeness (QED) is 0.911. The van der Waals surface area contributed by atoms with Crippen molar-refractivity contribution in [3.05, 3.63) is 63.9 Å². The van der Waals surface area contributed by atoms with Gasteiger partial charge in [0.25, 0.3) is 0 Å². The van der Waals surface area contributed by atoms with Crippen LogP contribution in [0, 0.1) is 12.7 Å². The Balaban J connectivity index is 2.19. The van der Waals surface area contributed by atoms with Crippen molar-refractivity contribution in [2.75, 3.05) is 0 Å². The Morgan fingerprint density at radius 3 is 2.65 bits per heavy atom. The third kappa shape index (κ3) is 3.65. The molecule has 0 bridgehead atoms. The first-order valence-corrected chi connectivity index (χ1v) is 8.16. The van der Waals surface area contributed by atoms with E-state index in [9.17, 15) is 12.8 Å². The number of benzene rings is 2. The van der Waals surface area contributed by atoms with E-state index in [2.05, 4.69) is 20.7 Å². The molecule has 0 fully saturated rings. The van der Waals surface area contributed by atoms with Crippen molar-refractivity contribution >= 4 is 26.0 Å². The van der Waals surface area contributed by atoms with Crippen LogP contribution in [0.25, 0.3) is 0 Å². The molecule has 0 heterocycles. The molecule has 0 atom stereocenters. The fourth-order valence-corrected chi connectivity index (χ4v) is 3.32. The van der Waals surface area contributed by atoms with Gasteiger partial charge in [-0.25, -0.2) is 17.5 Å². The molecule has 0 unspecified atom stereocenters. The highest BCUT2D eigenvalue weighted by atomic mass is 79.9. The third-order valence-electron chi connectivity index (χ3n) is 2.87. The number of nitrogens with one attached hydrogen (secondary N) is 1. The fraction of sp³-hybridized carbons (Fsp3) is 0.143. The number of rotatable bonds is 4. The van der Waals surface area contributed by atoms with Crippen LogP contribution in [-0.4, -0.2) is 8.42 Å². The molecule has 20 heavy (non-hydrogen) atoms. The molecule has 0 spiro atoms. The molecule has 3 nitrogen and oxygen atoms in total. The predicted molar refractivity (Wildman–Crippen MR) is 79.3 cm³/mol. The van der Waals surface area contributed by atoms with E-state index >= 15 is 0 Å². The monoisotopic (exact) mass is 357 g/mol. The average molecular weight is 358 g/mol. The lowest BCUT2D eigenvalue weighted by atomic mass is 10.1. The zero-order valence-corrected chi connectivity index (χ0v) is 13.1. The molecule has 0 aliphatic rings. The van der Waals surface area contributed by atoms with Crippen LogP contribution in [-0.2, 0) is 16.6 Å². The molecule has 0 aromatic heterocycles. The summed E-state index contributed by atoms with van der Waals surface area (Å²) in [5.41, 5.74) is 1.45. The van der Waals surface area contributed by atoms with Crippen molar-refractivity contribution in [3.63, 3.8) is 0 Å². The van der Waals surface area contributed by atoms with E-state index in [1.54, 1.807) is 18.2 Å². The van der Waals surface area contributed by atoms with E-state index < -0.39 is 10.0 Å². The molecular formula is C14H13BrFNO2S. The van der Waals surface area contributed by atoms with Crippen molar-refractivity contribution in [2.45, 2.75) is 18.4 Å². The standard InChI is InChI=1S/C14H13BrFNO2S/c1-10-5-6-13(16)7-11(10)9-17-20(18,19)14-4-2-3-12(15)8-14/h2-8,17H,9H2,1H3. The van der Waals surface area contributed by atoms with Crippen molar-refractivity contribution < 1.29 is 12.8 Å². The van der Waals surface area contributed by atoms with Crippen molar-refractivity contribution in [1.82, 2.24) is 4.72 Å². The van der Waals surface area contributed by atoms with Crippen molar-refractivity contribution in [2.24, 2.45) is 0 Å². The summed E-state index contributed by atoms with van der Waals surface area (Å²) in [7, 11) is -3.61. The molecule has 0 saturated heterocycles. The number of aryl methyl sites for hydroxylation is 1. The molecule has 0 aliphatic heterocycles. The lowest BCUT2D eigenvalue weighted by Crippen LogP contribution is -2.23. The lowest BCUT2D eigenvalue weighted by molar-refractivity contribution is 0.580. The van der Waals surface area contributed by atoms with Gasteiger partial charge in [0.05, 0.1) is 4.90 Å². The maximum absolute atomic E-state index is 13.2. The van der Waals surface area contributed by atoms with Gasteiger partial charge >= 0.3 is 0 Å². The van der Waals surface area contributed by atoms with Gasteiger partial charge in [-0.15, -0.1) is 0 Å². The summed E-state index contributed by atoms with van der Waals surface area (Å²) < 4.78 is 40.6. The van der Waals surface area contributed by atoms with Crippen molar-refractivity contribution in [1.29, 1.82) is 0 Å². The van der Waals surface area contributed by atoms with E-state index in [1.165, 1.54) is 24.3 Å². The average Bonchev–Trinajstić information content (AvgIpc) is 2.40. The Kier molecular flexibility index (Phi) is 4.57. The Bertz CT molecular complexity index is 732. The van der Waals surface area contributed by atoms with Gasteiger partial charge < -0.3 is 0 Å². The van der Waals surface area contributed by atoms with Gasteiger partial charge in [0.15, 0.2) is 0 Å². The molecule has 106 valence electrons. The molecule has 0 radical (unpaired) electrons. The summed E-state index contributed by atoms with van der Waals surface area (Å²) in [5, 5.41) is 0. The van der Waals surface area contributed by atoms with Crippen LogP contribution in [0.1, 0.15) is 11.1 Å². The minimum Gasteiger partial charge on any atom is -0.207 e. The molecular weight excluding hydrogens is 345 g/mol. The van der Waals surface area contributed by atoms with Crippen LogP contribution >= 0.6 is 15.9 Å². The molecule has 2 aromatic rings. The van der Waals surface area contributed by atoms with Gasteiger partial charge in [-0.1, -0.05) is 28.1 Å². The first kappa shape index (κ1) is 15.2. The second-order valence-corrected chi connectivity index (χ2v) is 7.04. The van der Waals surface area contributed by atoms with E-state index in [4.69, 9.17) is 0 Å². The number of hydrogen-bond donors (Lipinski definition) is 1. The first-order chi connectivity index (χ1) is 9.38. The van der Waals surface area contributed by atoms with Gasteiger partial charge in [-0.2, -0.15) is 0 Å². The van der Waals surface area contributed by atoms with Gasteiger partial charge in [0.2, 0.25) is 10.0 Å². The summed E-state index contributed by atoms with van der Waals surface area (Å²) in [6.07, 6.45) is 0. The van der Waals surface area contributed by atoms with Crippen LogP contribution < -0.4 is 4.72 Å². The maximum Gasteiger partial charge on any atom is 0.240 e. The minimum atomic E-state index is -3.61. The van der Waals surface area contributed by atoms with Crippen molar-refractivity contribution in [3.8, 4) is 0 Å². The molecule has 0 saturated carbocycles. The Labute approximate surface area is 126 Å². The number of hydrogen-bond acceptors (Lipinski definition) is 2. The van der Waals surface area contributed by atoms with Gasteiger partial charge in [0.1, 0.15) is 5.82 Å². The predicted octanol–water partition coefficient (Wildman–Crippen LogP) is 3.38. The summed E-state index contributed by atoms with van der Waals surface area (Å²) in [6.45, 7) is 1.86. The molecule has 2 aromatic carbocycles. The zero-order chi connectivity index (χ0) is 14.8. The Morgan fingerprint density at radius 1 is 1.20 bits per heavy atom. The number of sulfonamides is 1. The van der Waals surface area contributed by atoms with E-state index in [0.717, 1.165) is 5.56 Å². The molecule has 0 amide bonds. The highest BCUT2D eigenvalue weighted by molar-refractivity contribution is 9.10. The van der Waals surface area contributed by atoms with Gasteiger partial charge in [0, 0.05) is 11.0 Å². The summed E-state index contributed by atoms with van der Waals surface area (Å²) in [4.78, 5) is 0.168. The van der Waals surface area contributed by atoms with Gasteiger partial charge in [-0.3, -0.25) is 0 Å².